The SMILES string of the molecule is COC(=O)CC(NC(=O)Cn1cc(C)c2ccccc21)c1ccc(SC)cc1. The molecule has 3 rings (SSSR count). The molecule has 2 aromatic carbocycles. The van der Waals surface area contributed by atoms with E-state index in [1.165, 1.54) is 7.11 Å². The molecule has 1 heterocycles. The number of ether oxygens (including phenoxy) is 1. The first-order valence-electron chi connectivity index (χ1n) is 9.06. The van der Waals surface area contributed by atoms with Crippen LogP contribution in [-0.4, -0.2) is 29.8 Å². The predicted octanol–water partition coefficient (Wildman–Crippen LogP) is 4.09. The van der Waals surface area contributed by atoms with Gasteiger partial charge in [0.05, 0.1) is 19.6 Å². The van der Waals surface area contributed by atoms with Crippen LogP contribution in [0.1, 0.15) is 23.6 Å². The molecule has 1 N–H and O–H groups in total. The van der Waals surface area contributed by atoms with Gasteiger partial charge >= 0.3 is 5.97 Å². The number of benzene rings is 2. The number of para-hydroxylation sites is 1. The summed E-state index contributed by atoms with van der Waals surface area (Å²) in [4.78, 5) is 25.7. The van der Waals surface area contributed by atoms with Crippen LogP contribution in [0, 0.1) is 6.92 Å². The Bertz CT molecular complexity index is 979. The molecule has 146 valence electrons. The number of carbonyl (C=O) groups excluding carboxylic acids is 2. The van der Waals surface area contributed by atoms with Gasteiger partial charge < -0.3 is 14.6 Å². The Hall–Kier alpha value is -2.73. The number of aromatic nitrogens is 1. The first-order chi connectivity index (χ1) is 13.5. The highest BCUT2D eigenvalue weighted by Crippen LogP contribution is 2.23. The number of esters is 1. The number of amides is 1. The maximum Gasteiger partial charge on any atom is 0.307 e. The Balaban J connectivity index is 1.78. The summed E-state index contributed by atoms with van der Waals surface area (Å²) in [5.41, 5.74) is 3.02. The maximum absolute atomic E-state index is 12.8. The highest BCUT2D eigenvalue weighted by Gasteiger charge is 2.19. The van der Waals surface area contributed by atoms with E-state index in [1.54, 1.807) is 11.8 Å². The Morgan fingerprint density at radius 2 is 1.86 bits per heavy atom. The van der Waals surface area contributed by atoms with Gasteiger partial charge in [-0.05, 0) is 42.5 Å². The van der Waals surface area contributed by atoms with E-state index < -0.39 is 6.04 Å². The summed E-state index contributed by atoms with van der Waals surface area (Å²) in [6.45, 7) is 2.22. The summed E-state index contributed by atoms with van der Waals surface area (Å²) in [5.74, 6) is -0.509. The fourth-order valence-electron chi connectivity index (χ4n) is 3.29. The monoisotopic (exact) mass is 396 g/mol. The van der Waals surface area contributed by atoms with Gasteiger partial charge in [0, 0.05) is 22.0 Å². The molecular formula is C22H24N2O3S. The number of hydrogen-bond donors (Lipinski definition) is 1. The lowest BCUT2D eigenvalue weighted by Crippen LogP contribution is -2.33. The van der Waals surface area contributed by atoms with Crippen molar-refractivity contribution < 1.29 is 14.3 Å². The molecule has 28 heavy (non-hydrogen) atoms. The molecule has 0 aliphatic rings. The zero-order chi connectivity index (χ0) is 20.1. The molecule has 1 unspecified atom stereocenters. The molecule has 0 radical (unpaired) electrons. The first kappa shape index (κ1) is 20.0. The van der Waals surface area contributed by atoms with Crippen LogP contribution in [0.5, 0.6) is 0 Å². The molecule has 6 heteroatoms. The summed E-state index contributed by atoms with van der Waals surface area (Å²) < 4.78 is 6.74. The number of thioether (sulfide) groups is 1. The average molecular weight is 397 g/mol. The van der Waals surface area contributed by atoms with E-state index >= 15 is 0 Å². The smallest absolute Gasteiger partial charge is 0.307 e. The van der Waals surface area contributed by atoms with Crippen LogP contribution < -0.4 is 5.32 Å². The molecule has 1 amide bonds. The topological polar surface area (TPSA) is 60.3 Å². The minimum atomic E-state index is -0.432. The van der Waals surface area contributed by atoms with E-state index in [-0.39, 0.29) is 24.8 Å². The number of fused-ring (bicyclic) bond motifs is 1. The summed E-state index contributed by atoms with van der Waals surface area (Å²) in [7, 11) is 1.35. The quantitative estimate of drug-likeness (QED) is 0.483. The molecule has 1 atom stereocenters. The second kappa shape index (κ2) is 8.97. The molecule has 0 saturated heterocycles. The average Bonchev–Trinajstić information content (AvgIpc) is 3.03. The van der Waals surface area contributed by atoms with Crippen molar-refractivity contribution in [2.24, 2.45) is 0 Å². The van der Waals surface area contributed by atoms with Gasteiger partial charge in [-0.1, -0.05) is 30.3 Å². The highest BCUT2D eigenvalue weighted by atomic mass is 32.2. The summed E-state index contributed by atoms with van der Waals surface area (Å²) in [5, 5.41) is 4.12. The summed E-state index contributed by atoms with van der Waals surface area (Å²) in [6.07, 6.45) is 4.07. The summed E-state index contributed by atoms with van der Waals surface area (Å²) in [6, 6.07) is 15.4. The predicted molar refractivity (Wildman–Crippen MR) is 112 cm³/mol. The highest BCUT2D eigenvalue weighted by molar-refractivity contribution is 7.98. The van der Waals surface area contributed by atoms with E-state index in [0.29, 0.717) is 0 Å². The molecule has 0 aliphatic heterocycles. The second-order valence-corrected chi connectivity index (χ2v) is 7.51. The molecule has 0 aliphatic carbocycles. The zero-order valence-corrected chi connectivity index (χ0v) is 17.1. The van der Waals surface area contributed by atoms with Gasteiger partial charge in [-0.25, -0.2) is 0 Å². The lowest BCUT2D eigenvalue weighted by Gasteiger charge is -2.19. The van der Waals surface area contributed by atoms with Crippen molar-refractivity contribution in [3.63, 3.8) is 0 Å². The van der Waals surface area contributed by atoms with Crippen molar-refractivity contribution >= 4 is 34.5 Å². The Labute approximate surface area is 169 Å². The van der Waals surface area contributed by atoms with Gasteiger partial charge in [-0.2, -0.15) is 0 Å². The first-order valence-corrected chi connectivity index (χ1v) is 10.3. The van der Waals surface area contributed by atoms with Crippen LogP contribution in [0.25, 0.3) is 10.9 Å². The van der Waals surface area contributed by atoms with Crippen molar-refractivity contribution in [3.05, 3.63) is 65.9 Å². The lowest BCUT2D eigenvalue weighted by atomic mass is 10.0. The number of methoxy groups -OCH3 is 1. The van der Waals surface area contributed by atoms with Crippen molar-refractivity contribution in [1.82, 2.24) is 9.88 Å². The van der Waals surface area contributed by atoms with Crippen molar-refractivity contribution in [2.45, 2.75) is 30.8 Å². The largest absolute Gasteiger partial charge is 0.469 e. The summed E-state index contributed by atoms with van der Waals surface area (Å²) >= 11 is 1.64. The minimum Gasteiger partial charge on any atom is -0.469 e. The van der Waals surface area contributed by atoms with Gasteiger partial charge in [0.1, 0.15) is 6.54 Å². The fraction of sp³-hybridized carbons (Fsp3) is 0.273. The Morgan fingerprint density at radius 3 is 2.54 bits per heavy atom. The van der Waals surface area contributed by atoms with E-state index in [9.17, 15) is 9.59 Å². The fourth-order valence-corrected chi connectivity index (χ4v) is 3.70. The number of aryl methyl sites for hydroxylation is 1. The van der Waals surface area contributed by atoms with Crippen LogP contribution >= 0.6 is 11.8 Å². The Kier molecular flexibility index (Phi) is 6.41. The number of hydrogen-bond acceptors (Lipinski definition) is 4. The van der Waals surface area contributed by atoms with E-state index in [0.717, 1.165) is 26.9 Å². The number of nitrogens with one attached hydrogen (secondary N) is 1. The van der Waals surface area contributed by atoms with Crippen LogP contribution in [-0.2, 0) is 20.9 Å². The van der Waals surface area contributed by atoms with Crippen LogP contribution in [0.3, 0.4) is 0 Å². The molecule has 5 nitrogen and oxygen atoms in total. The lowest BCUT2D eigenvalue weighted by molar-refractivity contribution is -0.141. The van der Waals surface area contributed by atoms with Crippen LogP contribution in [0.4, 0.5) is 0 Å². The van der Waals surface area contributed by atoms with Crippen molar-refractivity contribution in [3.8, 4) is 0 Å². The number of nitrogens with zero attached hydrogens (tertiary/aromatic N) is 1. The van der Waals surface area contributed by atoms with Gasteiger partial charge in [0.15, 0.2) is 0 Å². The molecule has 0 saturated carbocycles. The third-order valence-electron chi connectivity index (χ3n) is 4.75. The third-order valence-corrected chi connectivity index (χ3v) is 5.50. The van der Waals surface area contributed by atoms with Gasteiger partial charge in [-0.15, -0.1) is 11.8 Å². The van der Waals surface area contributed by atoms with E-state index in [2.05, 4.69) is 5.32 Å². The second-order valence-electron chi connectivity index (χ2n) is 6.63. The van der Waals surface area contributed by atoms with Gasteiger partial charge in [0.25, 0.3) is 0 Å². The Morgan fingerprint density at radius 1 is 1.14 bits per heavy atom. The minimum absolute atomic E-state index is 0.0896. The number of carbonyl (C=O) groups is 2. The molecule has 0 spiro atoms. The molecule has 0 bridgehead atoms. The van der Waals surface area contributed by atoms with Gasteiger partial charge in [0.2, 0.25) is 5.91 Å². The van der Waals surface area contributed by atoms with Crippen LogP contribution in [0.2, 0.25) is 0 Å². The van der Waals surface area contributed by atoms with Crippen molar-refractivity contribution in [1.29, 1.82) is 0 Å². The normalized spacial score (nSPS) is 12.0. The third kappa shape index (κ3) is 4.57. The van der Waals surface area contributed by atoms with Gasteiger partial charge in [-0.3, -0.25) is 9.59 Å². The molecule has 0 fully saturated rings. The zero-order valence-electron chi connectivity index (χ0n) is 16.3. The number of rotatable bonds is 7. The molecular weight excluding hydrogens is 372 g/mol. The van der Waals surface area contributed by atoms with E-state index in [4.69, 9.17) is 4.74 Å². The van der Waals surface area contributed by atoms with E-state index in [1.807, 2.05) is 72.5 Å². The maximum atomic E-state index is 12.8. The molecule has 3 aromatic rings. The molecule has 1 aromatic heterocycles. The van der Waals surface area contributed by atoms with Crippen LogP contribution in [0.15, 0.2) is 59.6 Å². The standard InChI is InChI=1S/C22H24N2O3S/c1-15-13-24(20-7-5-4-6-18(15)20)14-21(25)23-19(12-22(26)27-2)16-8-10-17(28-3)11-9-16/h4-11,13,19H,12,14H2,1-3H3,(H,23,25). The van der Waals surface area contributed by atoms with Crippen molar-refractivity contribution in [2.75, 3.05) is 13.4 Å².